The first-order valence-electron chi connectivity index (χ1n) is 9.53. The van der Waals surface area contributed by atoms with Gasteiger partial charge in [0.2, 0.25) is 0 Å². The van der Waals surface area contributed by atoms with Crippen molar-refractivity contribution in [3.63, 3.8) is 0 Å². The Labute approximate surface area is 200 Å². The van der Waals surface area contributed by atoms with Crippen molar-refractivity contribution in [2.75, 3.05) is 6.61 Å². The van der Waals surface area contributed by atoms with Crippen molar-refractivity contribution in [3.8, 4) is 0 Å². The van der Waals surface area contributed by atoms with Crippen molar-refractivity contribution >= 4 is 46.2 Å². The van der Waals surface area contributed by atoms with Gasteiger partial charge in [0, 0.05) is 11.3 Å². The molecule has 1 saturated heterocycles. The first-order chi connectivity index (χ1) is 16.7. The third kappa shape index (κ3) is 7.60. The van der Waals surface area contributed by atoms with Gasteiger partial charge in [0.05, 0.1) is 18.6 Å². The Morgan fingerprint density at radius 1 is 1.19 bits per heavy atom. The lowest BCUT2D eigenvalue weighted by Gasteiger charge is -2.20. The van der Waals surface area contributed by atoms with Crippen LogP contribution in [0.25, 0.3) is 21.6 Å². The molecule has 0 spiro atoms. The lowest BCUT2D eigenvalue weighted by Crippen LogP contribution is -2.28. The lowest BCUT2D eigenvalue weighted by atomic mass is 10.2. The summed E-state index contributed by atoms with van der Waals surface area (Å²) in [4.78, 5) is 56.4. The minimum atomic E-state index is -5.68. The highest BCUT2D eigenvalue weighted by atomic mass is 31.3. The van der Waals surface area contributed by atoms with Crippen molar-refractivity contribution < 1.29 is 56.0 Å². The SMILES string of the molecule is CC(C)=NOC1C[C@H](n2cnc3c(N=[N+]=[N-])ncnc32)O[C@@H]1COP(=O)(O)OP(=O)(O)OP(=O)(O)O. The smallest absolute Gasteiger partial charge is 0.389 e. The molecule has 2 aromatic rings. The fourth-order valence-electron chi connectivity index (χ4n) is 2.94. The molecule has 5 atom stereocenters. The Morgan fingerprint density at radius 3 is 2.56 bits per heavy atom. The molecule has 1 aliphatic heterocycles. The van der Waals surface area contributed by atoms with E-state index in [4.69, 9.17) is 24.9 Å². The number of ether oxygens (including phenoxy) is 1. The maximum atomic E-state index is 12.1. The van der Waals surface area contributed by atoms with Gasteiger partial charge in [0.15, 0.2) is 17.6 Å². The van der Waals surface area contributed by atoms with E-state index in [0.29, 0.717) is 5.71 Å². The summed E-state index contributed by atoms with van der Waals surface area (Å²) >= 11 is 0. The average molecular weight is 572 g/mol. The standard InChI is InChI=1S/C13H19N8O12P3/c1-7(2)19-31-8-3-10(21-6-17-11-12(18-20-14)15-5-16-13(11)21)30-9(8)4-29-35(25,26)33-36(27,28)32-34(22,23)24/h5-6,8-10H,3-4H2,1-2H3,(H,25,26)(H,27,28)(H2,22,23,24)/t8?,9-,10-/m1/s1. The predicted molar refractivity (Wildman–Crippen MR) is 116 cm³/mol. The zero-order valence-corrected chi connectivity index (χ0v) is 21.0. The van der Waals surface area contributed by atoms with Gasteiger partial charge < -0.3 is 29.1 Å². The number of aromatic nitrogens is 4. The van der Waals surface area contributed by atoms with Crippen LogP contribution < -0.4 is 0 Å². The molecule has 3 rings (SSSR count). The highest BCUT2D eigenvalue weighted by Gasteiger charge is 2.44. The predicted octanol–water partition coefficient (Wildman–Crippen LogP) is 2.18. The highest BCUT2D eigenvalue weighted by Crippen LogP contribution is 2.66. The molecular formula is C13H19N8O12P3. The molecule has 4 N–H and O–H groups in total. The van der Waals surface area contributed by atoms with E-state index in [-0.39, 0.29) is 23.4 Å². The maximum absolute atomic E-state index is 12.1. The monoisotopic (exact) mass is 572 g/mol. The Kier molecular flexibility index (Phi) is 8.63. The van der Waals surface area contributed by atoms with Crippen LogP contribution in [0.15, 0.2) is 22.9 Å². The molecule has 20 nitrogen and oxygen atoms in total. The van der Waals surface area contributed by atoms with Gasteiger partial charge in [-0.25, -0.2) is 28.6 Å². The van der Waals surface area contributed by atoms with Gasteiger partial charge in [0.25, 0.3) is 0 Å². The van der Waals surface area contributed by atoms with Gasteiger partial charge in [-0.05, 0) is 24.5 Å². The van der Waals surface area contributed by atoms with E-state index in [1.807, 2.05) is 0 Å². The van der Waals surface area contributed by atoms with Crippen LogP contribution in [0.3, 0.4) is 0 Å². The van der Waals surface area contributed by atoms with E-state index >= 15 is 0 Å². The summed E-state index contributed by atoms with van der Waals surface area (Å²) in [6, 6.07) is 0. The van der Waals surface area contributed by atoms with E-state index < -0.39 is 48.5 Å². The molecule has 23 heteroatoms. The molecule has 198 valence electrons. The van der Waals surface area contributed by atoms with Crippen LogP contribution in [0.5, 0.6) is 0 Å². The van der Waals surface area contributed by atoms with Crippen LogP contribution >= 0.6 is 23.5 Å². The number of imidazole rings is 1. The van der Waals surface area contributed by atoms with Crippen molar-refractivity contribution in [1.82, 2.24) is 19.5 Å². The maximum Gasteiger partial charge on any atom is 0.490 e. The molecular weight excluding hydrogens is 553 g/mol. The van der Waals surface area contributed by atoms with Crippen LogP contribution in [-0.4, -0.2) is 63.6 Å². The molecule has 0 aromatic carbocycles. The second-order valence-electron chi connectivity index (χ2n) is 7.14. The first kappa shape index (κ1) is 28.3. The molecule has 0 saturated carbocycles. The number of nitrogens with zero attached hydrogens (tertiary/aromatic N) is 8. The number of rotatable bonds is 11. The van der Waals surface area contributed by atoms with E-state index in [1.54, 1.807) is 13.8 Å². The summed E-state index contributed by atoms with van der Waals surface area (Å²) in [5, 5.41) is 7.28. The minimum Gasteiger partial charge on any atom is -0.389 e. The van der Waals surface area contributed by atoms with E-state index in [2.05, 4.69) is 43.3 Å². The third-order valence-electron chi connectivity index (χ3n) is 4.16. The first-order valence-corrected chi connectivity index (χ1v) is 14.1. The number of hydrogen-bond acceptors (Lipinski definition) is 13. The molecule has 0 aliphatic carbocycles. The Balaban J connectivity index is 1.78. The lowest BCUT2D eigenvalue weighted by molar-refractivity contribution is -0.0586. The molecule has 1 aliphatic rings. The van der Waals surface area contributed by atoms with Gasteiger partial charge in [-0.3, -0.25) is 9.09 Å². The number of hydrogen-bond donors (Lipinski definition) is 4. The van der Waals surface area contributed by atoms with Crippen molar-refractivity contribution in [2.45, 2.75) is 38.7 Å². The number of fused-ring (bicyclic) bond motifs is 1. The topological polar surface area (TPSA) is 283 Å². The Bertz CT molecular complexity index is 1330. The summed E-state index contributed by atoms with van der Waals surface area (Å²) < 4.78 is 53.7. The molecule has 3 heterocycles. The van der Waals surface area contributed by atoms with Gasteiger partial charge in [-0.2, -0.15) is 8.62 Å². The Morgan fingerprint density at radius 2 is 1.92 bits per heavy atom. The summed E-state index contributed by atoms with van der Waals surface area (Å²) in [6.07, 6.45) is -0.266. The number of phosphoric acid groups is 3. The van der Waals surface area contributed by atoms with E-state index in [0.717, 1.165) is 6.33 Å². The molecule has 2 aromatic heterocycles. The molecule has 36 heavy (non-hydrogen) atoms. The average Bonchev–Trinajstić information content (AvgIpc) is 3.32. The number of oxime groups is 1. The van der Waals surface area contributed by atoms with Crippen molar-refractivity contribution in [3.05, 3.63) is 23.1 Å². The quantitative estimate of drug-likeness (QED) is 0.0749. The fraction of sp³-hybridized carbons (Fsp3) is 0.538. The Hall–Kier alpha value is -2.30. The van der Waals surface area contributed by atoms with E-state index in [1.165, 1.54) is 10.9 Å². The molecule has 0 radical (unpaired) electrons. The number of phosphoric ester groups is 1. The van der Waals surface area contributed by atoms with Crippen LogP contribution in [0.1, 0.15) is 26.5 Å². The summed E-state index contributed by atoms with van der Waals surface area (Å²) in [7, 11) is -16.6. The summed E-state index contributed by atoms with van der Waals surface area (Å²) in [6.45, 7) is 2.53. The van der Waals surface area contributed by atoms with Crippen LogP contribution in [0.4, 0.5) is 5.82 Å². The van der Waals surface area contributed by atoms with E-state index in [9.17, 15) is 23.5 Å². The van der Waals surface area contributed by atoms with Gasteiger partial charge in [0.1, 0.15) is 24.2 Å². The third-order valence-corrected chi connectivity index (χ3v) is 7.96. The second-order valence-corrected chi connectivity index (χ2v) is 11.6. The van der Waals surface area contributed by atoms with Gasteiger partial charge in [-0.1, -0.05) is 5.16 Å². The number of azide groups is 1. The minimum absolute atomic E-state index is 0.0255. The largest absolute Gasteiger partial charge is 0.490 e. The highest BCUT2D eigenvalue weighted by molar-refractivity contribution is 7.66. The summed E-state index contributed by atoms with van der Waals surface area (Å²) in [5.74, 6) is -0.0255. The normalized spacial score (nSPS) is 23.4. The van der Waals surface area contributed by atoms with Crippen LogP contribution in [0.2, 0.25) is 0 Å². The molecule has 0 bridgehead atoms. The van der Waals surface area contributed by atoms with Crippen molar-refractivity contribution in [2.24, 2.45) is 10.3 Å². The fourth-order valence-corrected chi connectivity index (χ4v) is 5.97. The van der Waals surface area contributed by atoms with Crippen LogP contribution in [0, 0.1) is 0 Å². The zero-order chi connectivity index (χ0) is 26.7. The molecule has 3 unspecified atom stereocenters. The van der Waals surface area contributed by atoms with Crippen LogP contribution in [-0.2, 0) is 36.4 Å². The second kappa shape index (κ2) is 11.0. The summed E-state index contributed by atoms with van der Waals surface area (Å²) in [5.41, 5.74) is 9.63. The molecule has 1 fully saturated rings. The van der Waals surface area contributed by atoms with Crippen molar-refractivity contribution in [1.29, 1.82) is 0 Å². The van der Waals surface area contributed by atoms with Gasteiger partial charge in [-0.15, -0.1) is 0 Å². The molecule has 0 amide bonds. The zero-order valence-electron chi connectivity index (χ0n) is 18.3. The van der Waals surface area contributed by atoms with Gasteiger partial charge >= 0.3 is 23.5 Å².